The minimum atomic E-state index is -0.572. The van der Waals surface area contributed by atoms with Crippen molar-refractivity contribution >= 4 is 17.9 Å². The summed E-state index contributed by atoms with van der Waals surface area (Å²) in [5.74, 6) is 1.12. The van der Waals surface area contributed by atoms with Gasteiger partial charge in [0.25, 0.3) is 11.5 Å². The first-order chi connectivity index (χ1) is 15.5. The summed E-state index contributed by atoms with van der Waals surface area (Å²) >= 11 is 0. The summed E-state index contributed by atoms with van der Waals surface area (Å²) in [5.41, 5.74) is 1.89. The number of likely N-dealkylation sites (tertiary alicyclic amines) is 1. The van der Waals surface area contributed by atoms with Crippen LogP contribution in [0.1, 0.15) is 60.4 Å². The summed E-state index contributed by atoms with van der Waals surface area (Å²) < 4.78 is 5.94. The molecule has 4 rings (SSSR count). The van der Waals surface area contributed by atoms with Gasteiger partial charge in [-0.25, -0.2) is 10.5 Å². The van der Waals surface area contributed by atoms with Crippen LogP contribution < -0.4 is 21.1 Å². The van der Waals surface area contributed by atoms with E-state index >= 15 is 0 Å². The van der Waals surface area contributed by atoms with Gasteiger partial charge in [0.1, 0.15) is 23.5 Å². The van der Waals surface area contributed by atoms with Crippen molar-refractivity contribution in [2.24, 2.45) is 0 Å². The summed E-state index contributed by atoms with van der Waals surface area (Å²) in [5, 5.41) is 19.6. The predicted octanol–water partition coefficient (Wildman–Crippen LogP) is 2.07. The topological polar surface area (TPSA) is 143 Å². The highest BCUT2D eigenvalue weighted by atomic mass is 16.5. The van der Waals surface area contributed by atoms with E-state index in [9.17, 15) is 9.59 Å². The maximum absolute atomic E-state index is 12.5. The van der Waals surface area contributed by atoms with Crippen LogP contribution in [0, 0.1) is 5.41 Å². The Morgan fingerprint density at radius 3 is 2.62 bits per heavy atom. The Kier molecular flexibility index (Phi) is 6.52. The molecule has 1 saturated heterocycles. The zero-order valence-corrected chi connectivity index (χ0v) is 17.9. The number of nitrogens with zero attached hydrogens (tertiary/aromatic N) is 2. The van der Waals surface area contributed by atoms with E-state index in [4.69, 9.17) is 15.4 Å². The van der Waals surface area contributed by atoms with Crippen LogP contribution in [0.25, 0.3) is 0 Å². The summed E-state index contributed by atoms with van der Waals surface area (Å²) in [6.45, 7) is 3.32. The van der Waals surface area contributed by atoms with Gasteiger partial charge in [-0.2, -0.15) is 0 Å². The van der Waals surface area contributed by atoms with Crippen molar-refractivity contribution in [3.05, 3.63) is 51.6 Å². The van der Waals surface area contributed by atoms with Gasteiger partial charge >= 0.3 is 0 Å². The molecule has 1 aliphatic carbocycles. The first kappa shape index (κ1) is 22.0. The number of aromatic amines is 1. The number of anilines is 1. The molecule has 2 aromatic rings. The van der Waals surface area contributed by atoms with Crippen molar-refractivity contribution in [1.29, 1.82) is 5.41 Å². The molecule has 2 fully saturated rings. The molecule has 32 heavy (non-hydrogen) atoms. The van der Waals surface area contributed by atoms with Crippen molar-refractivity contribution < 1.29 is 14.7 Å². The van der Waals surface area contributed by atoms with Gasteiger partial charge in [-0.15, -0.1) is 0 Å². The fourth-order valence-corrected chi connectivity index (χ4v) is 4.18. The zero-order chi connectivity index (χ0) is 22.7. The lowest BCUT2D eigenvalue weighted by Crippen LogP contribution is -2.54. The van der Waals surface area contributed by atoms with E-state index in [2.05, 4.69) is 20.2 Å². The van der Waals surface area contributed by atoms with Crippen LogP contribution in [0.4, 0.5) is 5.82 Å². The van der Waals surface area contributed by atoms with Crippen molar-refractivity contribution in [3.8, 4) is 5.75 Å². The third kappa shape index (κ3) is 4.66. The molecule has 1 aromatic heterocycles. The van der Waals surface area contributed by atoms with Crippen LogP contribution in [0.5, 0.6) is 5.75 Å². The molecule has 2 heterocycles. The van der Waals surface area contributed by atoms with Gasteiger partial charge in [0.15, 0.2) is 0 Å². The second-order valence-electron chi connectivity index (χ2n) is 8.32. The number of nitrogens with one attached hydrogen (secondary N) is 4. The summed E-state index contributed by atoms with van der Waals surface area (Å²) in [6, 6.07) is 6.72. The normalized spacial score (nSPS) is 18.1. The third-order valence-electron chi connectivity index (χ3n) is 6.15. The van der Waals surface area contributed by atoms with Gasteiger partial charge in [0.2, 0.25) is 0 Å². The maximum atomic E-state index is 12.5. The maximum Gasteiger partial charge on any atom is 0.274 e. The quantitative estimate of drug-likeness (QED) is 0.240. The third-order valence-corrected chi connectivity index (χ3v) is 6.15. The lowest BCUT2D eigenvalue weighted by molar-refractivity contribution is -0.00739. The van der Waals surface area contributed by atoms with Crippen LogP contribution in [0.2, 0.25) is 0 Å². The molecule has 10 nitrogen and oxygen atoms in total. The number of carbonyl (C=O) groups is 1. The van der Waals surface area contributed by atoms with Crippen LogP contribution >= 0.6 is 0 Å². The Morgan fingerprint density at radius 1 is 1.31 bits per heavy atom. The number of amides is 1. The molecule has 1 aromatic carbocycles. The van der Waals surface area contributed by atoms with Gasteiger partial charge in [0, 0.05) is 30.9 Å². The average molecular weight is 441 g/mol. The number of H-pyrrole nitrogens is 1. The Bertz CT molecular complexity index is 1030. The van der Waals surface area contributed by atoms with E-state index in [0.29, 0.717) is 42.1 Å². The molecule has 5 N–H and O–H groups in total. The van der Waals surface area contributed by atoms with Gasteiger partial charge < -0.3 is 20.4 Å². The summed E-state index contributed by atoms with van der Waals surface area (Å²) in [7, 11) is 0. The fraction of sp³-hybridized carbons (Fsp3) is 0.455. The fourth-order valence-electron chi connectivity index (χ4n) is 4.18. The number of ether oxygens (including phenoxy) is 1. The predicted molar refractivity (Wildman–Crippen MR) is 119 cm³/mol. The first-order valence-electron chi connectivity index (χ1n) is 10.8. The van der Waals surface area contributed by atoms with Crippen molar-refractivity contribution in [3.63, 3.8) is 0 Å². The Balaban J connectivity index is 1.38. The van der Waals surface area contributed by atoms with E-state index in [1.807, 2.05) is 6.92 Å². The number of aromatic nitrogens is 2. The molecular weight excluding hydrogens is 412 g/mol. The molecule has 1 atom stereocenters. The number of hydrogen-bond acceptors (Lipinski definition) is 8. The molecule has 170 valence electrons. The molecule has 2 aliphatic rings. The van der Waals surface area contributed by atoms with Crippen LogP contribution in [-0.4, -0.2) is 57.4 Å². The molecule has 0 radical (unpaired) electrons. The largest absolute Gasteiger partial charge is 0.488 e. The van der Waals surface area contributed by atoms with Crippen molar-refractivity contribution in [2.45, 2.75) is 50.8 Å². The highest BCUT2D eigenvalue weighted by molar-refractivity contribution is 5.93. The minimum absolute atomic E-state index is 0.0152. The molecule has 1 amide bonds. The smallest absolute Gasteiger partial charge is 0.274 e. The highest BCUT2D eigenvalue weighted by Gasteiger charge is 2.34. The Morgan fingerprint density at radius 2 is 2.00 bits per heavy atom. The first-order valence-corrected chi connectivity index (χ1v) is 10.8. The molecule has 1 aliphatic heterocycles. The van der Waals surface area contributed by atoms with E-state index in [1.165, 1.54) is 0 Å². The van der Waals surface area contributed by atoms with Gasteiger partial charge in [-0.1, -0.05) is 12.8 Å². The standard InChI is InChI=1S/C22H28N6O4/c1-13(19-25-20(18(10-23)22(30)26-19)24-15-4-2-3-5-15)28-11-17(12-28)32-16-8-6-14(7-9-16)21(29)27-31/h6-10,13,15,17,23,31H,2-5,11-12H2,1H3,(H,27,29)(H2,24,25,26,30). The summed E-state index contributed by atoms with van der Waals surface area (Å²) in [6.07, 6.45) is 5.47. The number of carbonyl (C=O) groups excluding carboxylic acids is 1. The molecule has 1 unspecified atom stereocenters. The lowest BCUT2D eigenvalue weighted by atomic mass is 10.1. The Labute approximate surface area is 185 Å². The number of rotatable bonds is 8. The molecule has 1 saturated carbocycles. The van der Waals surface area contributed by atoms with E-state index in [0.717, 1.165) is 31.9 Å². The SMILES string of the molecule is CC(c1nc(NC2CCCC2)c(C=N)c(=O)[nH]1)N1CC(Oc2ccc(C(=O)NO)cc2)C1. The van der Waals surface area contributed by atoms with Gasteiger partial charge in [-0.3, -0.25) is 19.7 Å². The monoisotopic (exact) mass is 440 g/mol. The van der Waals surface area contributed by atoms with E-state index in [-0.39, 0.29) is 23.3 Å². The minimum Gasteiger partial charge on any atom is -0.488 e. The zero-order valence-electron chi connectivity index (χ0n) is 17.9. The Hall–Kier alpha value is -3.24. The number of hydroxylamine groups is 1. The van der Waals surface area contributed by atoms with Crippen LogP contribution in [-0.2, 0) is 0 Å². The average Bonchev–Trinajstić information content (AvgIpc) is 3.28. The summed E-state index contributed by atoms with van der Waals surface area (Å²) in [4.78, 5) is 33.6. The molecular formula is C22H28N6O4. The van der Waals surface area contributed by atoms with Crippen molar-refractivity contribution in [2.75, 3.05) is 18.4 Å². The number of benzene rings is 1. The molecule has 0 bridgehead atoms. The van der Waals surface area contributed by atoms with Crippen molar-refractivity contribution in [1.82, 2.24) is 20.3 Å². The molecule has 10 heteroatoms. The lowest BCUT2D eigenvalue weighted by Gasteiger charge is -2.42. The molecule has 0 spiro atoms. The highest BCUT2D eigenvalue weighted by Crippen LogP contribution is 2.27. The second kappa shape index (κ2) is 9.49. The number of hydrogen-bond donors (Lipinski definition) is 5. The van der Waals surface area contributed by atoms with Crippen LogP contribution in [0.15, 0.2) is 29.1 Å². The van der Waals surface area contributed by atoms with Crippen LogP contribution in [0.3, 0.4) is 0 Å². The second-order valence-corrected chi connectivity index (χ2v) is 8.32. The van der Waals surface area contributed by atoms with E-state index < -0.39 is 5.91 Å². The van der Waals surface area contributed by atoms with Gasteiger partial charge in [0.05, 0.1) is 11.6 Å². The van der Waals surface area contributed by atoms with Gasteiger partial charge in [-0.05, 0) is 44.0 Å². The van der Waals surface area contributed by atoms with E-state index in [1.54, 1.807) is 29.7 Å².